The molecule has 4 heteroatoms. The van der Waals surface area contributed by atoms with Crippen molar-refractivity contribution < 1.29 is 0 Å². The van der Waals surface area contributed by atoms with Crippen molar-refractivity contribution in [1.29, 1.82) is 0 Å². The van der Waals surface area contributed by atoms with Crippen LogP contribution in [0.3, 0.4) is 0 Å². The van der Waals surface area contributed by atoms with Crippen LogP contribution in [0.4, 0.5) is 0 Å². The maximum Gasteiger partial charge on any atom is 0.160 e. The Morgan fingerprint density at radius 3 is 1.54 bits per heavy atom. The zero-order valence-corrected chi connectivity index (χ0v) is 30.8. The largest absolute Gasteiger partial charge is 0.309 e. The van der Waals surface area contributed by atoms with E-state index in [-0.39, 0.29) is 0 Å². The molecule has 0 radical (unpaired) electrons. The second kappa shape index (κ2) is 12.4. The standard InChI is InChI=1S/C50H38N4/c1-31-17-24-47-41(27-31)42-28-32(2)18-25-48(42)54(47)37-23-26-49-43(29-37)40-15-9-10-16-46(40)53(49)36-21-19-35(20-22-36)44-30-45(38-13-7-5-11-33(38)3)52-50(51-44)39-14-8-6-12-34(39)4/h5-30H,1-4H3. The van der Waals surface area contributed by atoms with E-state index in [9.17, 15) is 0 Å². The summed E-state index contributed by atoms with van der Waals surface area (Å²) in [5.41, 5.74) is 17.0. The highest BCUT2D eigenvalue weighted by Gasteiger charge is 2.18. The minimum absolute atomic E-state index is 0.736. The summed E-state index contributed by atoms with van der Waals surface area (Å²) in [6, 6.07) is 57.0. The van der Waals surface area contributed by atoms with Crippen molar-refractivity contribution in [2.24, 2.45) is 0 Å². The van der Waals surface area contributed by atoms with Gasteiger partial charge in [-0.25, -0.2) is 9.97 Å². The lowest BCUT2D eigenvalue weighted by Gasteiger charge is -2.13. The van der Waals surface area contributed by atoms with Crippen LogP contribution >= 0.6 is 0 Å². The average Bonchev–Trinajstić information content (AvgIpc) is 3.69. The molecule has 0 spiro atoms. The number of aromatic nitrogens is 4. The molecule has 4 nitrogen and oxygen atoms in total. The number of rotatable bonds is 5. The second-order valence-corrected chi connectivity index (χ2v) is 14.6. The summed E-state index contributed by atoms with van der Waals surface area (Å²) in [6.45, 7) is 8.60. The van der Waals surface area contributed by atoms with Gasteiger partial charge in [0.05, 0.1) is 33.5 Å². The van der Waals surface area contributed by atoms with Gasteiger partial charge in [-0.15, -0.1) is 0 Å². The fourth-order valence-electron chi connectivity index (χ4n) is 8.23. The molecule has 3 aromatic heterocycles. The van der Waals surface area contributed by atoms with Crippen LogP contribution in [0.15, 0.2) is 158 Å². The Balaban J connectivity index is 1.11. The van der Waals surface area contributed by atoms with Crippen molar-refractivity contribution in [3.05, 3.63) is 180 Å². The van der Waals surface area contributed by atoms with Crippen LogP contribution in [0.5, 0.6) is 0 Å². The highest BCUT2D eigenvalue weighted by molar-refractivity contribution is 6.12. The predicted octanol–water partition coefficient (Wildman–Crippen LogP) is 12.9. The van der Waals surface area contributed by atoms with E-state index in [0.717, 1.165) is 50.8 Å². The maximum absolute atomic E-state index is 5.15. The van der Waals surface area contributed by atoms with Crippen LogP contribution in [0, 0.1) is 27.7 Å². The molecule has 54 heavy (non-hydrogen) atoms. The van der Waals surface area contributed by atoms with Crippen molar-refractivity contribution in [2.45, 2.75) is 27.7 Å². The molecule has 0 saturated heterocycles. The fraction of sp³-hybridized carbons (Fsp3) is 0.0800. The molecule has 0 aliphatic rings. The zero-order valence-electron chi connectivity index (χ0n) is 30.8. The Hall–Kier alpha value is -6.78. The van der Waals surface area contributed by atoms with Crippen LogP contribution in [-0.2, 0) is 0 Å². The molecular formula is C50H38N4. The SMILES string of the molecule is Cc1ccc2c(c1)c1cc(C)ccc1n2-c1ccc2c(c1)c1ccccc1n2-c1ccc(-c2cc(-c3ccccc3C)nc(-c3ccccc3C)n2)cc1. The Morgan fingerprint density at radius 1 is 0.370 bits per heavy atom. The average molecular weight is 695 g/mol. The van der Waals surface area contributed by atoms with E-state index < -0.39 is 0 Å². The van der Waals surface area contributed by atoms with Gasteiger partial charge in [-0.2, -0.15) is 0 Å². The molecule has 0 bridgehead atoms. The number of benzene rings is 7. The molecule has 0 amide bonds. The lowest BCUT2D eigenvalue weighted by molar-refractivity contribution is 1.16. The van der Waals surface area contributed by atoms with Crippen molar-refractivity contribution in [2.75, 3.05) is 0 Å². The molecule has 10 aromatic rings. The van der Waals surface area contributed by atoms with Gasteiger partial charge >= 0.3 is 0 Å². The van der Waals surface area contributed by atoms with Crippen LogP contribution in [0.1, 0.15) is 22.3 Å². The molecule has 3 heterocycles. The molecular weight excluding hydrogens is 657 g/mol. The van der Waals surface area contributed by atoms with E-state index in [1.54, 1.807) is 0 Å². The van der Waals surface area contributed by atoms with Gasteiger partial charge < -0.3 is 9.13 Å². The van der Waals surface area contributed by atoms with Gasteiger partial charge in [-0.3, -0.25) is 0 Å². The first-order valence-electron chi connectivity index (χ1n) is 18.6. The molecule has 0 saturated carbocycles. The lowest BCUT2D eigenvalue weighted by atomic mass is 10.0. The number of aryl methyl sites for hydroxylation is 4. The molecule has 0 aliphatic carbocycles. The molecule has 0 unspecified atom stereocenters. The third-order valence-corrected chi connectivity index (χ3v) is 10.9. The van der Waals surface area contributed by atoms with E-state index in [0.29, 0.717) is 0 Å². The molecule has 0 atom stereocenters. The van der Waals surface area contributed by atoms with Crippen molar-refractivity contribution in [3.63, 3.8) is 0 Å². The van der Waals surface area contributed by atoms with Crippen molar-refractivity contribution in [1.82, 2.24) is 19.1 Å². The van der Waals surface area contributed by atoms with Crippen molar-refractivity contribution >= 4 is 43.6 Å². The highest BCUT2D eigenvalue weighted by Crippen LogP contribution is 2.38. The van der Waals surface area contributed by atoms with E-state index >= 15 is 0 Å². The summed E-state index contributed by atoms with van der Waals surface area (Å²) < 4.78 is 4.80. The first kappa shape index (κ1) is 31.9. The minimum Gasteiger partial charge on any atom is -0.309 e. The number of para-hydroxylation sites is 1. The van der Waals surface area contributed by atoms with Gasteiger partial charge in [0.2, 0.25) is 0 Å². The highest BCUT2D eigenvalue weighted by atomic mass is 15.0. The van der Waals surface area contributed by atoms with Gasteiger partial charge in [0.1, 0.15) is 0 Å². The van der Waals surface area contributed by atoms with E-state index in [1.165, 1.54) is 60.3 Å². The molecule has 0 aliphatic heterocycles. The van der Waals surface area contributed by atoms with Crippen LogP contribution in [-0.4, -0.2) is 19.1 Å². The third kappa shape index (κ3) is 5.14. The third-order valence-electron chi connectivity index (χ3n) is 10.9. The number of nitrogens with zero attached hydrogens (tertiary/aromatic N) is 4. The summed E-state index contributed by atoms with van der Waals surface area (Å²) in [6.07, 6.45) is 0. The normalized spacial score (nSPS) is 11.7. The van der Waals surface area contributed by atoms with E-state index in [4.69, 9.17) is 9.97 Å². The predicted molar refractivity (Wildman–Crippen MR) is 226 cm³/mol. The topological polar surface area (TPSA) is 35.6 Å². The molecule has 0 N–H and O–H groups in total. The summed E-state index contributed by atoms with van der Waals surface area (Å²) in [5.74, 6) is 0.736. The first-order chi connectivity index (χ1) is 26.4. The molecule has 10 rings (SSSR count). The smallest absolute Gasteiger partial charge is 0.160 e. The summed E-state index contributed by atoms with van der Waals surface area (Å²) in [7, 11) is 0. The van der Waals surface area contributed by atoms with Crippen molar-refractivity contribution in [3.8, 4) is 45.3 Å². The second-order valence-electron chi connectivity index (χ2n) is 14.6. The number of fused-ring (bicyclic) bond motifs is 6. The minimum atomic E-state index is 0.736. The molecule has 0 fully saturated rings. The first-order valence-corrected chi connectivity index (χ1v) is 18.6. The number of hydrogen-bond acceptors (Lipinski definition) is 2. The summed E-state index contributed by atoms with van der Waals surface area (Å²) in [4.78, 5) is 10.2. The van der Waals surface area contributed by atoms with E-state index in [1.807, 2.05) is 0 Å². The molecule has 7 aromatic carbocycles. The fourth-order valence-corrected chi connectivity index (χ4v) is 8.23. The Labute approximate surface area is 314 Å². The lowest BCUT2D eigenvalue weighted by Crippen LogP contribution is -1.98. The van der Waals surface area contributed by atoms with Gasteiger partial charge in [-0.1, -0.05) is 102 Å². The monoisotopic (exact) mass is 694 g/mol. The summed E-state index contributed by atoms with van der Waals surface area (Å²) in [5, 5.41) is 5.03. The zero-order chi connectivity index (χ0) is 36.5. The Bertz CT molecular complexity index is 2960. The van der Waals surface area contributed by atoms with Gasteiger partial charge in [-0.05, 0) is 106 Å². The van der Waals surface area contributed by atoms with Gasteiger partial charge in [0, 0.05) is 49.6 Å². The van der Waals surface area contributed by atoms with Crippen LogP contribution in [0.25, 0.3) is 88.9 Å². The quantitative estimate of drug-likeness (QED) is 0.180. The number of hydrogen-bond donors (Lipinski definition) is 0. The Kier molecular flexibility index (Phi) is 7.34. The van der Waals surface area contributed by atoms with Gasteiger partial charge in [0.15, 0.2) is 5.82 Å². The van der Waals surface area contributed by atoms with Crippen LogP contribution in [0.2, 0.25) is 0 Å². The van der Waals surface area contributed by atoms with Crippen LogP contribution < -0.4 is 0 Å². The van der Waals surface area contributed by atoms with E-state index in [2.05, 4.69) is 195 Å². The van der Waals surface area contributed by atoms with Gasteiger partial charge in [0.25, 0.3) is 0 Å². The maximum atomic E-state index is 5.15. The summed E-state index contributed by atoms with van der Waals surface area (Å²) >= 11 is 0. The Morgan fingerprint density at radius 2 is 0.870 bits per heavy atom. The molecule has 258 valence electrons.